The molecule has 46 valence electrons. The van der Waals surface area contributed by atoms with E-state index in [0.29, 0.717) is 0 Å². The van der Waals surface area contributed by atoms with E-state index in [2.05, 4.69) is 18.6 Å². The summed E-state index contributed by atoms with van der Waals surface area (Å²) in [5.74, 6) is 1.16. The molecule has 1 nitrogen and oxygen atoms in total. The standard InChI is InChI=1S/C6H11NS/c1-5-3-7-8-4-6(5)2/h7H,3-4H2,1-2H3. The Labute approximate surface area is 54.7 Å². The van der Waals surface area contributed by atoms with E-state index in [1.54, 1.807) is 11.9 Å². The normalized spacial score (nSPS) is 21.8. The van der Waals surface area contributed by atoms with Crippen molar-refractivity contribution in [1.82, 2.24) is 4.72 Å². The molecule has 2 heteroatoms. The molecule has 0 saturated carbocycles. The van der Waals surface area contributed by atoms with Gasteiger partial charge in [-0.15, -0.1) is 0 Å². The fourth-order valence-corrected chi connectivity index (χ4v) is 1.48. The lowest BCUT2D eigenvalue weighted by Gasteiger charge is -2.13. The van der Waals surface area contributed by atoms with E-state index in [9.17, 15) is 0 Å². The van der Waals surface area contributed by atoms with Crippen LogP contribution in [-0.2, 0) is 0 Å². The zero-order chi connectivity index (χ0) is 5.98. The molecule has 0 aromatic rings. The average molecular weight is 129 g/mol. The van der Waals surface area contributed by atoms with E-state index in [1.165, 1.54) is 11.1 Å². The molecule has 0 aromatic heterocycles. The third-order valence-electron chi connectivity index (χ3n) is 1.46. The van der Waals surface area contributed by atoms with Crippen LogP contribution < -0.4 is 4.72 Å². The highest BCUT2D eigenvalue weighted by Gasteiger charge is 2.02. The summed E-state index contributed by atoms with van der Waals surface area (Å²) in [5.41, 5.74) is 3.04. The van der Waals surface area contributed by atoms with Crippen molar-refractivity contribution >= 4 is 11.9 Å². The van der Waals surface area contributed by atoms with Gasteiger partial charge in [0.25, 0.3) is 0 Å². The molecule has 0 bridgehead atoms. The minimum atomic E-state index is 1.07. The molecule has 1 N–H and O–H groups in total. The van der Waals surface area contributed by atoms with Gasteiger partial charge in [0.05, 0.1) is 0 Å². The SMILES string of the molecule is CC1=C(C)CSNC1. The first-order valence-corrected chi connectivity index (χ1v) is 3.79. The van der Waals surface area contributed by atoms with Gasteiger partial charge in [0, 0.05) is 12.3 Å². The van der Waals surface area contributed by atoms with E-state index in [0.717, 1.165) is 12.3 Å². The monoisotopic (exact) mass is 129 g/mol. The number of rotatable bonds is 0. The molecule has 0 unspecified atom stereocenters. The largest absolute Gasteiger partial charge is 0.260 e. The Morgan fingerprint density at radius 3 is 2.50 bits per heavy atom. The van der Waals surface area contributed by atoms with Gasteiger partial charge in [-0.3, -0.25) is 4.72 Å². The molecular formula is C6H11NS. The summed E-state index contributed by atoms with van der Waals surface area (Å²) in [6, 6.07) is 0. The predicted octanol–water partition coefficient (Wildman–Crippen LogP) is 1.57. The van der Waals surface area contributed by atoms with Gasteiger partial charge in [-0.2, -0.15) is 0 Å². The Morgan fingerprint density at radius 2 is 2.12 bits per heavy atom. The molecule has 0 aliphatic carbocycles. The number of hydrogen-bond acceptors (Lipinski definition) is 2. The quantitative estimate of drug-likeness (QED) is 0.393. The maximum Gasteiger partial charge on any atom is 0.0289 e. The van der Waals surface area contributed by atoms with Crippen molar-refractivity contribution in [1.29, 1.82) is 0 Å². The van der Waals surface area contributed by atoms with Crippen LogP contribution in [-0.4, -0.2) is 12.3 Å². The second-order valence-electron chi connectivity index (χ2n) is 2.17. The topological polar surface area (TPSA) is 12.0 Å². The van der Waals surface area contributed by atoms with Gasteiger partial charge in [0.1, 0.15) is 0 Å². The predicted molar refractivity (Wildman–Crippen MR) is 38.8 cm³/mol. The Hall–Kier alpha value is 0.0500. The average Bonchev–Trinajstić information content (AvgIpc) is 1.77. The van der Waals surface area contributed by atoms with E-state index in [-0.39, 0.29) is 0 Å². The van der Waals surface area contributed by atoms with Gasteiger partial charge in [-0.25, -0.2) is 0 Å². The maximum atomic E-state index is 3.22. The molecule has 1 rings (SSSR count). The highest BCUT2D eigenvalue weighted by molar-refractivity contribution is 7.97. The van der Waals surface area contributed by atoms with Gasteiger partial charge in [0.2, 0.25) is 0 Å². The van der Waals surface area contributed by atoms with Crippen LogP contribution in [0.1, 0.15) is 13.8 Å². The van der Waals surface area contributed by atoms with E-state index in [4.69, 9.17) is 0 Å². The molecule has 0 spiro atoms. The molecule has 0 atom stereocenters. The van der Waals surface area contributed by atoms with Crippen LogP contribution in [0.2, 0.25) is 0 Å². The molecule has 0 fully saturated rings. The van der Waals surface area contributed by atoms with Crippen molar-refractivity contribution in [3.63, 3.8) is 0 Å². The summed E-state index contributed by atoms with van der Waals surface area (Å²) in [4.78, 5) is 0. The van der Waals surface area contributed by atoms with Crippen LogP contribution in [0.15, 0.2) is 11.1 Å². The Morgan fingerprint density at radius 1 is 1.38 bits per heavy atom. The van der Waals surface area contributed by atoms with Gasteiger partial charge >= 0.3 is 0 Å². The Balaban J connectivity index is 2.60. The zero-order valence-electron chi connectivity index (χ0n) is 5.32. The maximum absolute atomic E-state index is 3.22. The molecule has 0 radical (unpaired) electrons. The number of hydrogen-bond donors (Lipinski definition) is 1. The zero-order valence-corrected chi connectivity index (χ0v) is 6.14. The smallest absolute Gasteiger partial charge is 0.0289 e. The fraction of sp³-hybridized carbons (Fsp3) is 0.667. The molecule has 0 aromatic carbocycles. The van der Waals surface area contributed by atoms with Crippen LogP contribution in [0.3, 0.4) is 0 Å². The summed E-state index contributed by atoms with van der Waals surface area (Å²) in [6.07, 6.45) is 0. The summed E-state index contributed by atoms with van der Waals surface area (Å²) in [7, 11) is 0. The van der Waals surface area contributed by atoms with Crippen LogP contribution >= 0.6 is 11.9 Å². The molecule has 1 heterocycles. The first kappa shape index (κ1) is 6.17. The van der Waals surface area contributed by atoms with E-state index < -0.39 is 0 Å². The van der Waals surface area contributed by atoms with Gasteiger partial charge in [-0.1, -0.05) is 23.1 Å². The molecule has 1 aliphatic rings. The van der Waals surface area contributed by atoms with E-state index in [1.807, 2.05) is 0 Å². The lowest BCUT2D eigenvalue weighted by atomic mass is 10.2. The molecule has 1 aliphatic heterocycles. The first-order chi connectivity index (χ1) is 3.80. The van der Waals surface area contributed by atoms with Crippen LogP contribution in [0.25, 0.3) is 0 Å². The minimum Gasteiger partial charge on any atom is -0.260 e. The molecule has 0 amide bonds. The van der Waals surface area contributed by atoms with Crippen molar-refractivity contribution in [3.8, 4) is 0 Å². The third-order valence-corrected chi connectivity index (χ3v) is 2.38. The van der Waals surface area contributed by atoms with Crippen LogP contribution in [0, 0.1) is 0 Å². The summed E-state index contributed by atoms with van der Waals surface area (Å²) >= 11 is 1.80. The van der Waals surface area contributed by atoms with Crippen molar-refractivity contribution in [2.75, 3.05) is 12.3 Å². The summed E-state index contributed by atoms with van der Waals surface area (Å²) in [6.45, 7) is 5.45. The van der Waals surface area contributed by atoms with Crippen LogP contribution in [0.4, 0.5) is 0 Å². The minimum absolute atomic E-state index is 1.07. The van der Waals surface area contributed by atoms with Crippen LogP contribution in [0.5, 0.6) is 0 Å². The first-order valence-electron chi connectivity index (χ1n) is 2.80. The Bertz CT molecular complexity index is 104. The summed E-state index contributed by atoms with van der Waals surface area (Å²) < 4.78 is 3.22. The van der Waals surface area contributed by atoms with Gasteiger partial charge in [-0.05, 0) is 13.8 Å². The lowest BCUT2D eigenvalue weighted by molar-refractivity contribution is 0.994. The van der Waals surface area contributed by atoms with Gasteiger partial charge < -0.3 is 0 Å². The van der Waals surface area contributed by atoms with Crippen molar-refractivity contribution in [3.05, 3.63) is 11.1 Å². The molecule has 0 saturated heterocycles. The van der Waals surface area contributed by atoms with Crippen molar-refractivity contribution in [2.45, 2.75) is 13.8 Å². The van der Waals surface area contributed by atoms with Gasteiger partial charge in [0.15, 0.2) is 0 Å². The molecular weight excluding hydrogens is 118 g/mol. The highest BCUT2D eigenvalue weighted by Crippen LogP contribution is 2.13. The highest BCUT2D eigenvalue weighted by atomic mass is 32.2. The fourth-order valence-electron chi connectivity index (χ4n) is 0.593. The van der Waals surface area contributed by atoms with E-state index >= 15 is 0 Å². The number of nitrogens with one attached hydrogen (secondary N) is 1. The molecule has 8 heavy (non-hydrogen) atoms. The second-order valence-corrected chi connectivity index (χ2v) is 3.04. The second kappa shape index (κ2) is 2.55. The van der Waals surface area contributed by atoms with Crippen molar-refractivity contribution < 1.29 is 0 Å². The Kier molecular flexibility index (Phi) is 1.97. The summed E-state index contributed by atoms with van der Waals surface area (Å²) in [5, 5.41) is 0. The van der Waals surface area contributed by atoms with Crippen molar-refractivity contribution in [2.24, 2.45) is 0 Å². The lowest BCUT2D eigenvalue weighted by Crippen LogP contribution is -2.14. The third kappa shape index (κ3) is 1.26.